The molecule has 0 aromatic heterocycles. The Morgan fingerprint density at radius 2 is 1.62 bits per heavy atom. The summed E-state index contributed by atoms with van der Waals surface area (Å²) >= 11 is 0. The predicted octanol–water partition coefficient (Wildman–Crippen LogP) is 4.66. The minimum absolute atomic E-state index is 1.06. The van der Waals surface area contributed by atoms with E-state index < -0.39 is 0 Å². The first-order chi connectivity index (χ1) is 7.83. The maximum Gasteiger partial charge on any atom is -0.0135 e. The highest BCUT2D eigenvalue weighted by Crippen LogP contribution is 2.26. The molecule has 0 saturated heterocycles. The van der Waals surface area contributed by atoms with Crippen molar-refractivity contribution in [3.63, 3.8) is 0 Å². The Balaban J connectivity index is 2.33. The molecule has 0 amide bonds. The van der Waals surface area contributed by atoms with Crippen molar-refractivity contribution in [3.05, 3.63) is 59.2 Å². The predicted molar refractivity (Wildman–Crippen MR) is 71.3 cm³/mol. The molecule has 0 aliphatic heterocycles. The highest BCUT2D eigenvalue weighted by Gasteiger charge is 2.03. The van der Waals surface area contributed by atoms with E-state index in [1.54, 1.807) is 0 Å². The molecule has 0 bridgehead atoms. The van der Waals surface area contributed by atoms with Gasteiger partial charge in [-0.3, -0.25) is 0 Å². The first-order valence-corrected chi connectivity index (χ1v) is 5.69. The molecule has 78 valence electrons. The molecule has 0 heteroatoms. The first-order valence-electron chi connectivity index (χ1n) is 5.69. The van der Waals surface area contributed by atoms with Gasteiger partial charge < -0.3 is 0 Å². The molecule has 0 nitrogen and oxygen atoms in total. The average Bonchev–Trinajstić information content (AvgIpc) is 2.46. The molecule has 0 unspecified atom stereocenters. The van der Waals surface area contributed by atoms with Crippen molar-refractivity contribution < 1.29 is 0 Å². The minimum Gasteiger partial charge on any atom is -0.0799 e. The molecule has 2 aromatic carbocycles. The molecule has 1 aliphatic rings. The van der Waals surface area contributed by atoms with Crippen LogP contribution in [0.4, 0.5) is 0 Å². The summed E-state index contributed by atoms with van der Waals surface area (Å²) in [7, 11) is 0. The second kappa shape index (κ2) is 3.64. The maximum absolute atomic E-state index is 2.29. The third-order valence-corrected chi connectivity index (χ3v) is 3.09. The molecule has 0 saturated carbocycles. The minimum atomic E-state index is 1.06. The van der Waals surface area contributed by atoms with Gasteiger partial charge in [-0.25, -0.2) is 0 Å². The van der Waals surface area contributed by atoms with Gasteiger partial charge in [-0.05, 0) is 47.4 Å². The normalized spacial score (nSPS) is 14.4. The lowest BCUT2D eigenvalue weighted by atomic mass is 10.0. The second-order valence-electron chi connectivity index (χ2n) is 4.43. The Bertz CT molecular complexity index is 600. The SMILES string of the molecule is CC1=Cc2cc3ccccc3cc2C=CC1. The number of rotatable bonds is 0. The second-order valence-corrected chi connectivity index (χ2v) is 4.43. The van der Waals surface area contributed by atoms with Crippen LogP contribution in [0.15, 0.2) is 48.0 Å². The summed E-state index contributed by atoms with van der Waals surface area (Å²) in [5.41, 5.74) is 4.09. The van der Waals surface area contributed by atoms with Crippen molar-refractivity contribution in [2.75, 3.05) is 0 Å². The molecule has 0 radical (unpaired) electrons. The van der Waals surface area contributed by atoms with Gasteiger partial charge in [0.15, 0.2) is 0 Å². The molecule has 16 heavy (non-hydrogen) atoms. The quantitative estimate of drug-likeness (QED) is 0.588. The van der Waals surface area contributed by atoms with E-state index in [1.165, 1.54) is 27.5 Å². The Morgan fingerprint density at radius 3 is 2.38 bits per heavy atom. The lowest BCUT2D eigenvalue weighted by Crippen LogP contribution is -1.82. The number of fused-ring (bicyclic) bond motifs is 2. The zero-order chi connectivity index (χ0) is 11.0. The maximum atomic E-state index is 2.29. The van der Waals surface area contributed by atoms with Crippen LogP contribution in [0.3, 0.4) is 0 Å². The summed E-state index contributed by atoms with van der Waals surface area (Å²) in [5, 5.41) is 2.64. The van der Waals surface area contributed by atoms with Gasteiger partial charge in [-0.1, -0.05) is 48.1 Å². The summed E-state index contributed by atoms with van der Waals surface area (Å²) in [6.07, 6.45) is 7.83. The van der Waals surface area contributed by atoms with Crippen molar-refractivity contribution in [2.45, 2.75) is 13.3 Å². The van der Waals surface area contributed by atoms with E-state index in [2.05, 4.69) is 61.5 Å². The van der Waals surface area contributed by atoms with Crippen molar-refractivity contribution in [2.24, 2.45) is 0 Å². The summed E-state index contributed by atoms with van der Waals surface area (Å²) in [5.74, 6) is 0. The fourth-order valence-electron chi connectivity index (χ4n) is 2.24. The summed E-state index contributed by atoms with van der Waals surface area (Å²) < 4.78 is 0. The van der Waals surface area contributed by atoms with Crippen molar-refractivity contribution in [1.82, 2.24) is 0 Å². The molecule has 0 fully saturated rings. The van der Waals surface area contributed by atoms with E-state index in [1.807, 2.05) is 0 Å². The van der Waals surface area contributed by atoms with Crippen LogP contribution >= 0.6 is 0 Å². The van der Waals surface area contributed by atoms with E-state index in [0.717, 1.165) is 6.42 Å². The fraction of sp³-hybridized carbons (Fsp3) is 0.125. The van der Waals surface area contributed by atoms with E-state index in [-0.39, 0.29) is 0 Å². The largest absolute Gasteiger partial charge is 0.0799 e. The van der Waals surface area contributed by atoms with Gasteiger partial charge in [-0.2, -0.15) is 0 Å². The lowest BCUT2D eigenvalue weighted by molar-refractivity contribution is 1.25. The number of hydrogen-bond donors (Lipinski definition) is 0. The van der Waals surface area contributed by atoms with E-state index in [0.29, 0.717) is 0 Å². The van der Waals surface area contributed by atoms with Crippen LogP contribution in [0.25, 0.3) is 22.9 Å². The van der Waals surface area contributed by atoms with Gasteiger partial charge in [0, 0.05) is 0 Å². The summed E-state index contributed by atoms with van der Waals surface area (Å²) in [6.45, 7) is 2.19. The van der Waals surface area contributed by atoms with Crippen molar-refractivity contribution in [3.8, 4) is 0 Å². The van der Waals surface area contributed by atoms with Crippen LogP contribution in [0.1, 0.15) is 24.5 Å². The van der Waals surface area contributed by atoms with Crippen molar-refractivity contribution >= 4 is 22.9 Å². The molecule has 2 aromatic rings. The van der Waals surface area contributed by atoms with Crippen LogP contribution in [-0.2, 0) is 0 Å². The van der Waals surface area contributed by atoms with Gasteiger partial charge in [0.1, 0.15) is 0 Å². The smallest absolute Gasteiger partial charge is 0.0135 e. The molecule has 3 rings (SSSR count). The van der Waals surface area contributed by atoms with Gasteiger partial charge in [0.2, 0.25) is 0 Å². The lowest BCUT2D eigenvalue weighted by Gasteiger charge is -2.04. The number of allylic oxidation sites excluding steroid dienone is 2. The van der Waals surface area contributed by atoms with E-state index in [4.69, 9.17) is 0 Å². The van der Waals surface area contributed by atoms with Gasteiger partial charge in [0.05, 0.1) is 0 Å². The molecule has 0 N–H and O–H groups in total. The van der Waals surface area contributed by atoms with Gasteiger partial charge in [-0.15, -0.1) is 0 Å². The zero-order valence-electron chi connectivity index (χ0n) is 9.40. The Kier molecular flexibility index (Phi) is 2.14. The standard InChI is InChI=1S/C16H14/c1-12-5-4-8-15-10-13-6-2-3-7-14(13)11-16(15)9-12/h2-4,6-11H,5H2,1H3. The average molecular weight is 206 g/mol. The van der Waals surface area contributed by atoms with Gasteiger partial charge in [0.25, 0.3) is 0 Å². The summed E-state index contributed by atoms with van der Waals surface area (Å²) in [6, 6.07) is 13.1. The van der Waals surface area contributed by atoms with Crippen LogP contribution in [0.2, 0.25) is 0 Å². The highest BCUT2D eigenvalue weighted by atomic mass is 14.1. The fourth-order valence-corrected chi connectivity index (χ4v) is 2.24. The Labute approximate surface area is 95.9 Å². The number of benzene rings is 2. The number of hydrogen-bond acceptors (Lipinski definition) is 0. The van der Waals surface area contributed by atoms with Crippen molar-refractivity contribution in [1.29, 1.82) is 0 Å². The van der Waals surface area contributed by atoms with E-state index >= 15 is 0 Å². The molecule has 0 heterocycles. The topological polar surface area (TPSA) is 0 Å². The first kappa shape index (κ1) is 9.41. The van der Waals surface area contributed by atoms with Crippen LogP contribution in [0, 0.1) is 0 Å². The van der Waals surface area contributed by atoms with Gasteiger partial charge >= 0.3 is 0 Å². The Morgan fingerprint density at radius 1 is 0.938 bits per heavy atom. The molecule has 0 spiro atoms. The highest BCUT2D eigenvalue weighted by molar-refractivity contribution is 5.89. The Hall–Kier alpha value is -1.82. The zero-order valence-corrected chi connectivity index (χ0v) is 9.40. The van der Waals surface area contributed by atoms with E-state index in [9.17, 15) is 0 Å². The molecule has 0 atom stereocenters. The summed E-state index contributed by atoms with van der Waals surface area (Å²) in [4.78, 5) is 0. The molecule has 1 aliphatic carbocycles. The third kappa shape index (κ3) is 1.57. The third-order valence-electron chi connectivity index (χ3n) is 3.09. The van der Waals surface area contributed by atoms with Crippen LogP contribution < -0.4 is 0 Å². The van der Waals surface area contributed by atoms with Crippen LogP contribution in [-0.4, -0.2) is 0 Å². The molecular weight excluding hydrogens is 192 g/mol. The molecular formula is C16H14. The van der Waals surface area contributed by atoms with Crippen LogP contribution in [0.5, 0.6) is 0 Å². The monoisotopic (exact) mass is 206 g/mol.